The number of amides is 3. The van der Waals surface area contributed by atoms with Crippen molar-refractivity contribution in [1.29, 1.82) is 0 Å². The summed E-state index contributed by atoms with van der Waals surface area (Å²) in [4.78, 5) is 60.8. The predicted octanol–water partition coefficient (Wildman–Crippen LogP) is 3.65. The van der Waals surface area contributed by atoms with Gasteiger partial charge in [0.05, 0.1) is 26.7 Å². The number of piperazine rings is 1. The predicted molar refractivity (Wildman–Crippen MR) is 170 cm³/mol. The van der Waals surface area contributed by atoms with Crippen LogP contribution in [0.2, 0.25) is 5.02 Å². The van der Waals surface area contributed by atoms with Gasteiger partial charge in [-0.2, -0.15) is 0 Å². The zero-order valence-electron chi connectivity index (χ0n) is 25.6. The average Bonchev–Trinajstić information content (AvgIpc) is 3.43. The average molecular weight is 662 g/mol. The SMILES string of the molecule is CCOC(=O)CN(CCc1c[nH]c2ccc(OC)cc12)C(=O)CC1C(=O)N(C(Cl)Cc2ccc(Cl)cc2)CC(=O)N1CCOC. The minimum absolute atomic E-state index is 0.117. The van der Waals surface area contributed by atoms with Crippen LogP contribution in [0.5, 0.6) is 5.75 Å². The smallest absolute Gasteiger partial charge is 0.325 e. The molecule has 0 radical (unpaired) electrons. The normalized spacial score (nSPS) is 15.8. The summed E-state index contributed by atoms with van der Waals surface area (Å²) in [5.74, 6) is -1.15. The Bertz CT molecular complexity index is 1500. The van der Waals surface area contributed by atoms with E-state index in [9.17, 15) is 19.2 Å². The van der Waals surface area contributed by atoms with Crippen LogP contribution in [0.15, 0.2) is 48.7 Å². The lowest BCUT2D eigenvalue weighted by atomic mass is 10.0. The fourth-order valence-corrected chi connectivity index (χ4v) is 5.81. The largest absolute Gasteiger partial charge is 0.497 e. The Hall–Kier alpha value is -3.80. The molecule has 1 aliphatic heterocycles. The van der Waals surface area contributed by atoms with Gasteiger partial charge in [0.1, 0.15) is 30.4 Å². The number of hydrogen-bond donors (Lipinski definition) is 1. The summed E-state index contributed by atoms with van der Waals surface area (Å²) in [5, 5.41) is 1.50. The number of benzene rings is 2. The number of aromatic nitrogens is 1. The van der Waals surface area contributed by atoms with Crippen LogP contribution in [-0.4, -0.2) is 109 Å². The van der Waals surface area contributed by atoms with Crippen molar-refractivity contribution in [2.75, 3.05) is 53.6 Å². The molecule has 0 aliphatic carbocycles. The fraction of sp³-hybridized carbons (Fsp3) is 0.438. The van der Waals surface area contributed by atoms with Crippen molar-refractivity contribution in [2.24, 2.45) is 0 Å². The van der Waals surface area contributed by atoms with Gasteiger partial charge in [-0.15, -0.1) is 0 Å². The number of hydrogen-bond acceptors (Lipinski definition) is 7. The third kappa shape index (κ3) is 8.68. The number of carbonyl (C=O) groups excluding carboxylic acids is 4. The van der Waals surface area contributed by atoms with Crippen molar-refractivity contribution in [2.45, 2.75) is 37.7 Å². The van der Waals surface area contributed by atoms with E-state index >= 15 is 0 Å². The Morgan fingerprint density at radius 2 is 1.89 bits per heavy atom. The molecule has 4 rings (SSSR count). The Morgan fingerprint density at radius 1 is 1.13 bits per heavy atom. The first-order valence-electron chi connectivity index (χ1n) is 14.7. The zero-order valence-corrected chi connectivity index (χ0v) is 27.1. The van der Waals surface area contributed by atoms with Crippen LogP contribution >= 0.6 is 23.2 Å². The Morgan fingerprint density at radius 3 is 2.58 bits per heavy atom. The first-order valence-corrected chi connectivity index (χ1v) is 15.5. The van der Waals surface area contributed by atoms with Crippen LogP contribution < -0.4 is 4.74 Å². The second-order valence-electron chi connectivity index (χ2n) is 10.6. The molecule has 11 nitrogen and oxygen atoms in total. The minimum Gasteiger partial charge on any atom is -0.497 e. The van der Waals surface area contributed by atoms with Gasteiger partial charge >= 0.3 is 5.97 Å². The van der Waals surface area contributed by atoms with E-state index < -0.39 is 29.3 Å². The van der Waals surface area contributed by atoms with Crippen molar-refractivity contribution in [3.05, 3.63) is 64.8 Å². The molecule has 1 saturated heterocycles. The molecule has 2 atom stereocenters. The number of alkyl halides is 1. The lowest BCUT2D eigenvalue weighted by molar-refractivity contribution is -0.160. The highest BCUT2D eigenvalue weighted by Crippen LogP contribution is 2.26. The Labute approximate surface area is 272 Å². The van der Waals surface area contributed by atoms with Crippen LogP contribution in [0.3, 0.4) is 0 Å². The fourth-order valence-electron chi connectivity index (χ4n) is 5.34. The molecule has 1 aromatic heterocycles. The molecule has 242 valence electrons. The van der Waals surface area contributed by atoms with Gasteiger partial charge in [-0.1, -0.05) is 35.3 Å². The number of carbonyl (C=O) groups is 4. The van der Waals surface area contributed by atoms with E-state index in [1.165, 1.54) is 21.8 Å². The molecule has 2 heterocycles. The van der Waals surface area contributed by atoms with Gasteiger partial charge < -0.3 is 33.9 Å². The van der Waals surface area contributed by atoms with E-state index in [0.717, 1.165) is 22.0 Å². The number of esters is 1. The first kappa shape index (κ1) is 34.1. The molecule has 3 aromatic rings. The van der Waals surface area contributed by atoms with Crippen molar-refractivity contribution < 1.29 is 33.4 Å². The van der Waals surface area contributed by atoms with E-state index in [4.69, 9.17) is 37.4 Å². The summed E-state index contributed by atoms with van der Waals surface area (Å²) in [5.41, 5.74) is 1.84. The number of nitrogens with one attached hydrogen (secondary N) is 1. The highest BCUT2D eigenvalue weighted by molar-refractivity contribution is 6.30. The van der Waals surface area contributed by atoms with Gasteiger partial charge in [0, 0.05) is 48.7 Å². The molecule has 2 unspecified atom stereocenters. The molecule has 3 amide bonds. The molecule has 1 aliphatic rings. The highest BCUT2D eigenvalue weighted by atomic mass is 35.5. The van der Waals surface area contributed by atoms with E-state index in [2.05, 4.69) is 4.98 Å². The van der Waals surface area contributed by atoms with Crippen molar-refractivity contribution in [1.82, 2.24) is 19.7 Å². The van der Waals surface area contributed by atoms with Gasteiger partial charge in [0.15, 0.2) is 0 Å². The standard InChI is InChI=1S/C32H38Cl2N4O7/c1-4-45-31(41)20-36(12-11-22-18-35-26-10-9-24(44-3)16-25(22)26)29(39)17-27-32(42)38(19-30(40)37(27)13-14-43-2)28(34)15-21-5-7-23(33)8-6-21/h5-10,16,18,27-28,35H,4,11-15,17,19-20H2,1-3H3. The van der Waals surface area contributed by atoms with E-state index in [1.54, 1.807) is 38.3 Å². The van der Waals surface area contributed by atoms with Crippen LogP contribution in [0.4, 0.5) is 0 Å². The van der Waals surface area contributed by atoms with E-state index in [1.807, 2.05) is 24.4 Å². The summed E-state index contributed by atoms with van der Waals surface area (Å²) in [6.07, 6.45) is 2.21. The zero-order chi connectivity index (χ0) is 32.5. The molecule has 2 aromatic carbocycles. The van der Waals surface area contributed by atoms with Gasteiger partial charge in [-0.3, -0.25) is 19.2 Å². The molecule has 1 fully saturated rings. The molecule has 0 saturated carbocycles. The van der Waals surface area contributed by atoms with Gasteiger partial charge in [0.25, 0.3) is 0 Å². The molecule has 45 heavy (non-hydrogen) atoms. The van der Waals surface area contributed by atoms with Crippen LogP contribution in [0, 0.1) is 0 Å². The molecular formula is C32H38Cl2N4O7. The van der Waals surface area contributed by atoms with Crippen molar-refractivity contribution >= 4 is 57.8 Å². The summed E-state index contributed by atoms with van der Waals surface area (Å²) in [6, 6.07) is 11.6. The Kier molecular flexibility index (Phi) is 12.1. The molecule has 0 bridgehead atoms. The third-order valence-corrected chi connectivity index (χ3v) is 8.38. The lowest BCUT2D eigenvalue weighted by Crippen LogP contribution is -2.63. The second-order valence-corrected chi connectivity index (χ2v) is 11.6. The van der Waals surface area contributed by atoms with Gasteiger partial charge in [-0.25, -0.2) is 0 Å². The van der Waals surface area contributed by atoms with E-state index in [-0.39, 0.29) is 58.1 Å². The molecule has 0 spiro atoms. The number of nitrogens with zero attached hydrogens (tertiary/aromatic N) is 3. The van der Waals surface area contributed by atoms with Gasteiger partial charge in [-0.05, 0) is 54.8 Å². The summed E-state index contributed by atoms with van der Waals surface area (Å²) < 4.78 is 15.7. The maximum atomic E-state index is 13.9. The van der Waals surface area contributed by atoms with Crippen LogP contribution in [0.1, 0.15) is 24.5 Å². The van der Waals surface area contributed by atoms with Crippen molar-refractivity contribution in [3.8, 4) is 5.75 Å². The second kappa shape index (κ2) is 16.0. The quantitative estimate of drug-likeness (QED) is 0.150. The number of aromatic amines is 1. The molecular weight excluding hydrogens is 623 g/mol. The molecule has 1 N–H and O–H groups in total. The number of H-pyrrole nitrogens is 1. The summed E-state index contributed by atoms with van der Waals surface area (Å²) in [6.45, 7) is 1.78. The van der Waals surface area contributed by atoms with Crippen LogP contribution in [-0.2, 0) is 41.5 Å². The molecule has 13 heteroatoms. The third-order valence-electron chi connectivity index (χ3n) is 7.73. The number of fused-ring (bicyclic) bond motifs is 1. The maximum absolute atomic E-state index is 13.9. The maximum Gasteiger partial charge on any atom is 0.325 e. The van der Waals surface area contributed by atoms with Crippen LogP contribution in [0.25, 0.3) is 10.9 Å². The van der Waals surface area contributed by atoms with Gasteiger partial charge in [0.2, 0.25) is 17.7 Å². The highest BCUT2D eigenvalue weighted by Gasteiger charge is 2.43. The number of methoxy groups -OCH3 is 2. The monoisotopic (exact) mass is 660 g/mol. The first-order chi connectivity index (χ1) is 21.6. The van der Waals surface area contributed by atoms with E-state index in [0.29, 0.717) is 17.2 Å². The number of ether oxygens (including phenoxy) is 3. The summed E-state index contributed by atoms with van der Waals surface area (Å²) in [7, 11) is 3.08. The van der Waals surface area contributed by atoms with Crippen molar-refractivity contribution in [3.63, 3.8) is 0 Å². The topological polar surface area (TPSA) is 121 Å². The summed E-state index contributed by atoms with van der Waals surface area (Å²) >= 11 is 12.7. The number of halogens is 2. The minimum atomic E-state index is -1.12. The lowest BCUT2D eigenvalue weighted by Gasteiger charge is -2.42. The number of rotatable bonds is 15. The Balaban J connectivity index is 1.55.